The first kappa shape index (κ1) is 14.6. The molecule has 0 saturated carbocycles. The highest BCUT2D eigenvalue weighted by Gasteiger charge is 2.37. The van der Waals surface area contributed by atoms with Crippen LogP contribution in [0.3, 0.4) is 0 Å². The fourth-order valence-electron chi connectivity index (χ4n) is 3.35. The van der Waals surface area contributed by atoms with Crippen LogP contribution in [0.4, 0.5) is 10.8 Å². The van der Waals surface area contributed by atoms with E-state index in [0.717, 1.165) is 18.1 Å². The van der Waals surface area contributed by atoms with E-state index >= 15 is 0 Å². The minimum atomic E-state index is -0.361. The van der Waals surface area contributed by atoms with Crippen LogP contribution in [0.5, 0.6) is 0 Å². The molecule has 6 nitrogen and oxygen atoms in total. The van der Waals surface area contributed by atoms with Gasteiger partial charge in [0.25, 0.3) is 0 Å². The molecule has 1 aromatic rings. The van der Waals surface area contributed by atoms with E-state index in [1.165, 1.54) is 30.9 Å². The van der Waals surface area contributed by atoms with E-state index in [1.54, 1.807) is 6.92 Å². The van der Waals surface area contributed by atoms with Crippen LogP contribution in [0.15, 0.2) is 0 Å². The number of hydrogen-bond acceptors (Lipinski definition) is 7. The maximum atomic E-state index is 12.2. The van der Waals surface area contributed by atoms with Crippen LogP contribution >= 0.6 is 11.5 Å². The Hall–Kier alpha value is -1.34. The van der Waals surface area contributed by atoms with Gasteiger partial charge in [-0.3, -0.25) is 4.90 Å². The molecule has 2 saturated heterocycles. The maximum Gasteiger partial charge on any atom is 0.345 e. The highest BCUT2D eigenvalue weighted by Crippen LogP contribution is 2.36. The highest BCUT2D eigenvalue weighted by molar-refractivity contribution is 7.11. The molecule has 0 aromatic carbocycles. The molecule has 7 heteroatoms. The van der Waals surface area contributed by atoms with Crippen LogP contribution in [-0.4, -0.2) is 53.6 Å². The van der Waals surface area contributed by atoms with Crippen LogP contribution in [0, 0.1) is 0 Å². The summed E-state index contributed by atoms with van der Waals surface area (Å²) < 4.78 is 9.31. The van der Waals surface area contributed by atoms with E-state index in [1.807, 2.05) is 0 Å². The Bertz CT molecular complexity index is 533. The molecule has 0 bridgehead atoms. The number of rotatable bonds is 3. The second-order valence-electron chi connectivity index (χ2n) is 5.76. The van der Waals surface area contributed by atoms with E-state index < -0.39 is 0 Å². The van der Waals surface area contributed by atoms with Gasteiger partial charge in [0, 0.05) is 25.2 Å². The van der Waals surface area contributed by atoms with Gasteiger partial charge in [-0.25, -0.2) is 4.79 Å². The number of aromatic nitrogens is 1. The minimum absolute atomic E-state index is 0.287. The number of esters is 1. The summed E-state index contributed by atoms with van der Waals surface area (Å²) in [5.41, 5.74) is 6.34. The van der Waals surface area contributed by atoms with Gasteiger partial charge in [0.1, 0.15) is 10.6 Å². The summed E-state index contributed by atoms with van der Waals surface area (Å²) in [4.78, 5) is 17.0. The van der Waals surface area contributed by atoms with Gasteiger partial charge in [-0.05, 0) is 44.8 Å². The van der Waals surface area contributed by atoms with Crippen molar-refractivity contribution in [1.29, 1.82) is 0 Å². The number of carbonyl (C=O) groups is 1. The summed E-state index contributed by atoms with van der Waals surface area (Å²) in [6, 6.07) is 0.937. The lowest BCUT2D eigenvalue weighted by Crippen LogP contribution is -2.55. The third-order valence-corrected chi connectivity index (χ3v) is 5.28. The van der Waals surface area contributed by atoms with Crippen LogP contribution in [0.1, 0.15) is 37.0 Å². The first-order chi connectivity index (χ1) is 10.1. The zero-order valence-electron chi connectivity index (χ0n) is 12.5. The van der Waals surface area contributed by atoms with Crippen molar-refractivity contribution in [2.75, 3.05) is 36.9 Å². The average molecular weight is 310 g/mol. The second kappa shape index (κ2) is 5.81. The first-order valence-electron chi connectivity index (χ1n) is 7.54. The van der Waals surface area contributed by atoms with Crippen molar-refractivity contribution < 1.29 is 9.53 Å². The highest BCUT2D eigenvalue weighted by atomic mass is 32.1. The van der Waals surface area contributed by atoms with Gasteiger partial charge in [-0.15, -0.1) is 0 Å². The smallest absolute Gasteiger partial charge is 0.345 e. The number of fused-ring (bicyclic) bond motifs is 1. The average Bonchev–Trinajstić information content (AvgIpc) is 3.03. The zero-order chi connectivity index (χ0) is 15.0. The van der Waals surface area contributed by atoms with Gasteiger partial charge in [0.05, 0.1) is 6.61 Å². The van der Waals surface area contributed by atoms with Gasteiger partial charge in [-0.1, -0.05) is 0 Å². The molecular weight excluding hydrogens is 288 g/mol. The molecule has 2 atom stereocenters. The van der Waals surface area contributed by atoms with E-state index in [4.69, 9.17) is 10.5 Å². The molecule has 1 aromatic heterocycles. The molecule has 21 heavy (non-hydrogen) atoms. The van der Waals surface area contributed by atoms with Crippen LogP contribution in [0.25, 0.3) is 0 Å². The molecule has 3 heterocycles. The largest absolute Gasteiger partial charge is 0.462 e. The van der Waals surface area contributed by atoms with Crippen LogP contribution in [0.2, 0.25) is 0 Å². The lowest BCUT2D eigenvalue weighted by molar-refractivity contribution is 0.0528. The van der Waals surface area contributed by atoms with Crippen molar-refractivity contribution >= 4 is 28.3 Å². The van der Waals surface area contributed by atoms with Crippen molar-refractivity contribution in [2.45, 2.75) is 38.8 Å². The fourth-order valence-corrected chi connectivity index (χ4v) is 4.27. The summed E-state index contributed by atoms with van der Waals surface area (Å²) in [7, 11) is 0. The van der Waals surface area contributed by atoms with Crippen molar-refractivity contribution in [3.63, 3.8) is 0 Å². The van der Waals surface area contributed by atoms with E-state index in [0.29, 0.717) is 24.3 Å². The molecule has 0 aliphatic carbocycles. The third-order valence-electron chi connectivity index (χ3n) is 4.38. The number of nitrogens with zero attached hydrogens (tertiary/aromatic N) is 3. The second-order valence-corrected chi connectivity index (χ2v) is 6.51. The normalized spacial score (nSPS) is 25.9. The molecule has 0 amide bonds. The maximum absolute atomic E-state index is 12.2. The topological polar surface area (TPSA) is 71.7 Å². The summed E-state index contributed by atoms with van der Waals surface area (Å²) >= 11 is 1.31. The van der Waals surface area contributed by atoms with E-state index in [9.17, 15) is 4.79 Å². The number of anilines is 2. The molecule has 2 unspecified atom stereocenters. The molecule has 3 rings (SSSR count). The molecule has 2 N–H and O–H groups in total. The van der Waals surface area contributed by atoms with Gasteiger partial charge < -0.3 is 15.4 Å². The Balaban J connectivity index is 1.87. The SMILES string of the molecule is CCOC(=O)c1c(N)nsc1N1CC2CCCN2CC1C. The van der Waals surface area contributed by atoms with Gasteiger partial charge in [0.15, 0.2) is 5.82 Å². The van der Waals surface area contributed by atoms with Crippen LogP contribution < -0.4 is 10.6 Å². The van der Waals surface area contributed by atoms with Gasteiger partial charge >= 0.3 is 5.97 Å². The summed E-state index contributed by atoms with van der Waals surface area (Å²) in [6.07, 6.45) is 2.49. The molecule has 0 spiro atoms. The Kier molecular flexibility index (Phi) is 4.03. The van der Waals surface area contributed by atoms with Crippen molar-refractivity contribution in [2.24, 2.45) is 0 Å². The quantitative estimate of drug-likeness (QED) is 0.855. The van der Waals surface area contributed by atoms with Crippen molar-refractivity contribution in [3.05, 3.63) is 5.56 Å². The molecule has 0 radical (unpaired) electrons. The lowest BCUT2D eigenvalue weighted by Gasteiger charge is -2.43. The number of piperazine rings is 1. The van der Waals surface area contributed by atoms with Crippen molar-refractivity contribution in [1.82, 2.24) is 9.27 Å². The standard InChI is InChI=1S/C14H22N4O2S/c1-3-20-14(19)11-12(15)16-21-13(11)18-8-10-5-4-6-17(10)7-9(18)2/h9-10H,3-8H2,1-2H3,(H2,15,16). The molecular formula is C14H22N4O2S. The first-order valence-corrected chi connectivity index (χ1v) is 8.32. The summed E-state index contributed by atoms with van der Waals surface area (Å²) in [5.74, 6) is -0.0747. The summed E-state index contributed by atoms with van der Waals surface area (Å²) in [5, 5.41) is 0.866. The lowest BCUT2D eigenvalue weighted by atomic mass is 10.1. The predicted octanol–water partition coefficient (Wildman–Crippen LogP) is 1.57. The minimum Gasteiger partial charge on any atom is -0.462 e. The number of ether oxygens (including phenoxy) is 1. The van der Waals surface area contributed by atoms with E-state index in [2.05, 4.69) is 21.1 Å². The fraction of sp³-hybridized carbons (Fsp3) is 0.714. The molecule has 2 aliphatic rings. The number of nitrogens with two attached hydrogens (primary N) is 1. The van der Waals surface area contributed by atoms with Crippen molar-refractivity contribution in [3.8, 4) is 0 Å². The molecule has 2 fully saturated rings. The Morgan fingerprint density at radius 2 is 2.33 bits per heavy atom. The Morgan fingerprint density at radius 1 is 1.52 bits per heavy atom. The Morgan fingerprint density at radius 3 is 3.10 bits per heavy atom. The molecule has 2 aliphatic heterocycles. The van der Waals surface area contributed by atoms with Crippen LogP contribution in [-0.2, 0) is 4.74 Å². The third kappa shape index (κ3) is 2.60. The number of hydrogen-bond donors (Lipinski definition) is 1. The monoisotopic (exact) mass is 310 g/mol. The predicted molar refractivity (Wildman–Crippen MR) is 83.9 cm³/mol. The Labute approximate surface area is 129 Å². The van der Waals surface area contributed by atoms with E-state index in [-0.39, 0.29) is 11.8 Å². The number of nitrogen functional groups attached to an aromatic ring is 1. The molecule has 116 valence electrons. The zero-order valence-corrected chi connectivity index (χ0v) is 13.4. The summed E-state index contributed by atoms with van der Waals surface area (Å²) in [6.45, 7) is 7.50. The number of carbonyl (C=O) groups excluding carboxylic acids is 1. The van der Waals surface area contributed by atoms with Gasteiger partial charge in [-0.2, -0.15) is 4.37 Å². The van der Waals surface area contributed by atoms with Gasteiger partial charge in [0.2, 0.25) is 0 Å².